The Labute approximate surface area is 436 Å². The van der Waals surface area contributed by atoms with Crippen molar-refractivity contribution >= 4 is 92.7 Å². The van der Waals surface area contributed by atoms with Crippen LogP contribution in [0.2, 0.25) is 0 Å². The molecular weight excluding hydrogens is 989 g/mol. The number of thiazole rings is 1. The summed E-state index contributed by atoms with van der Waals surface area (Å²) in [4.78, 5) is 97.1. The molecule has 394 valence electrons. The van der Waals surface area contributed by atoms with Gasteiger partial charge in [0.2, 0.25) is 29.6 Å². The first kappa shape index (κ1) is 54.5. The number of carbonyl (C=O) groups is 6. The van der Waals surface area contributed by atoms with Gasteiger partial charge in [-0.3, -0.25) is 44.2 Å². The molecule has 7 N–H and O–H groups in total. The van der Waals surface area contributed by atoms with Crippen LogP contribution in [0.5, 0.6) is 5.75 Å². The van der Waals surface area contributed by atoms with Gasteiger partial charge in [0, 0.05) is 81.3 Å². The number of amides is 6. The van der Waals surface area contributed by atoms with Crippen molar-refractivity contribution in [1.29, 1.82) is 0 Å². The molecular formula is C50H64N14O8S2. The van der Waals surface area contributed by atoms with E-state index < -0.39 is 35.3 Å². The van der Waals surface area contributed by atoms with Crippen LogP contribution in [0.15, 0.2) is 47.4 Å². The second-order valence-electron chi connectivity index (χ2n) is 18.5. The molecule has 1 saturated heterocycles. The van der Waals surface area contributed by atoms with Gasteiger partial charge in [0.15, 0.2) is 0 Å². The molecule has 7 rings (SSSR count). The van der Waals surface area contributed by atoms with Crippen LogP contribution in [0.1, 0.15) is 105 Å². The number of thioether (sulfide) groups is 1. The van der Waals surface area contributed by atoms with Gasteiger partial charge in [-0.1, -0.05) is 19.1 Å². The van der Waals surface area contributed by atoms with Gasteiger partial charge in [-0.2, -0.15) is 5.10 Å². The van der Waals surface area contributed by atoms with Crippen molar-refractivity contribution in [2.75, 3.05) is 62.8 Å². The Morgan fingerprint density at radius 3 is 2.05 bits per heavy atom. The number of aryl methyl sites for hydroxylation is 4. The summed E-state index contributed by atoms with van der Waals surface area (Å²) in [6.07, 6.45) is 6.40. The van der Waals surface area contributed by atoms with Crippen LogP contribution >= 0.6 is 23.1 Å². The highest BCUT2D eigenvalue weighted by atomic mass is 32.2. The van der Waals surface area contributed by atoms with E-state index in [1.807, 2.05) is 50.7 Å². The summed E-state index contributed by atoms with van der Waals surface area (Å²) in [5.74, 6) is -1.40. The van der Waals surface area contributed by atoms with Gasteiger partial charge in [0.25, 0.3) is 11.8 Å². The molecule has 1 fully saturated rings. The predicted octanol–water partition coefficient (Wildman–Crippen LogP) is 5.75. The zero-order chi connectivity index (χ0) is 53.4. The largest absolute Gasteiger partial charge is 0.491 e. The minimum Gasteiger partial charge on any atom is -0.491 e. The molecule has 4 aromatic heterocycles. The topological polar surface area (TPSA) is 282 Å². The normalized spacial score (nSPS) is 13.2. The summed E-state index contributed by atoms with van der Waals surface area (Å²) < 4.78 is 17.0. The van der Waals surface area contributed by atoms with E-state index in [2.05, 4.69) is 30.9 Å². The number of nitrogens with one attached hydrogen (secondary N) is 3. The minimum atomic E-state index is -0.685. The Hall–Kier alpha value is -7.31. The van der Waals surface area contributed by atoms with Crippen LogP contribution in [0, 0.1) is 13.8 Å². The number of fused-ring (bicyclic) bond motifs is 2. The maximum absolute atomic E-state index is 14.0. The number of imidazole rings is 2. The summed E-state index contributed by atoms with van der Waals surface area (Å²) in [6.45, 7) is 17.2. The van der Waals surface area contributed by atoms with Crippen molar-refractivity contribution in [2.45, 2.75) is 97.9 Å². The van der Waals surface area contributed by atoms with Crippen molar-refractivity contribution in [3.8, 4) is 5.75 Å². The zero-order valence-electron chi connectivity index (χ0n) is 43.0. The molecule has 0 saturated carbocycles. The smallest absolute Gasteiger partial charge is 0.407 e. The lowest BCUT2D eigenvalue weighted by atomic mass is 10.1. The molecule has 0 unspecified atom stereocenters. The van der Waals surface area contributed by atoms with E-state index in [4.69, 9.17) is 30.9 Å². The number of piperazine rings is 1. The van der Waals surface area contributed by atoms with Gasteiger partial charge < -0.3 is 40.3 Å². The first-order valence-electron chi connectivity index (χ1n) is 24.4. The Morgan fingerprint density at radius 1 is 0.824 bits per heavy atom. The minimum absolute atomic E-state index is 0.0436. The molecule has 24 heteroatoms. The highest BCUT2D eigenvalue weighted by Gasteiger charge is 2.26. The molecule has 0 atom stereocenters. The number of nitrogens with two attached hydrogens (primary N) is 2. The Kier molecular flexibility index (Phi) is 17.4. The molecule has 2 aromatic carbocycles. The third kappa shape index (κ3) is 13.1. The quantitative estimate of drug-likeness (QED) is 0.0326. The Balaban J connectivity index is 1.13. The average Bonchev–Trinajstić information content (AvgIpc) is 4.12. The molecule has 0 radical (unpaired) electrons. The molecule has 0 aliphatic carbocycles. The lowest BCUT2D eigenvalue weighted by Gasteiger charge is -2.34. The van der Waals surface area contributed by atoms with Crippen molar-refractivity contribution in [1.82, 2.24) is 49.0 Å². The number of primary amides is 2. The zero-order valence-corrected chi connectivity index (χ0v) is 44.6. The van der Waals surface area contributed by atoms with E-state index in [1.165, 1.54) is 23.1 Å². The number of allylic oxidation sites excluding steroid dienone is 2. The molecule has 0 spiro atoms. The van der Waals surface area contributed by atoms with Gasteiger partial charge >= 0.3 is 6.09 Å². The van der Waals surface area contributed by atoms with Crippen LogP contribution < -0.4 is 32.2 Å². The van der Waals surface area contributed by atoms with Crippen molar-refractivity contribution in [3.63, 3.8) is 0 Å². The fraction of sp³-hybridized carbons (Fsp3) is 0.440. The lowest BCUT2D eigenvalue weighted by molar-refractivity contribution is -0.132. The molecule has 74 heavy (non-hydrogen) atoms. The standard InChI is InChI=1S/C50H64N14O8S2/c1-9-33-42(74-30(4)54-33)46(69)58-48-55-34-25-31(43(51)66)27-37(71-23-13-16-60-19-21-61(22-20-60)39(65)14-15-53-49(70)72-50(5,6)7)40(34)62(48)17-11-12-18-63-41-35(26-32(44(52)67)28-38(41)73-8)56-47(63)57-45(68)36-24-29(3)59-64(36)10-2/h11-12,24-28H,9-10,13-23H2,1-8H3,(H2,51,66)(H2,52,67)(H,53,70)(H,55,58,69)(H,56,57,68)/b12-11+. The number of benzene rings is 2. The number of ether oxygens (including phenoxy) is 2. The fourth-order valence-electron chi connectivity index (χ4n) is 8.53. The van der Waals surface area contributed by atoms with Gasteiger partial charge in [-0.05, 0) is 91.0 Å². The molecule has 6 aromatic rings. The predicted molar refractivity (Wildman–Crippen MR) is 284 cm³/mol. The molecule has 22 nitrogen and oxygen atoms in total. The maximum Gasteiger partial charge on any atom is 0.407 e. The summed E-state index contributed by atoms with van der Waals surface area (Å²) in [5.41, 5.74) is 15.1. The van der Waals surface area contributed by atoms with Crippen LogP contribution in [0.4, 0.5) is 16.7 Å². The average molecular weight is 1050 g/mol. The third-order valence-corrected chi connectivity index (χ3v) is 13.7. The summed E-state index contributed by atoms with van der Waals surface area (Å²) in [5, 5.41) is 13.8. The third-order valence-electron chi connectivity index (χ3n) is 12.0. The van der Waals surface area contributed by atoms with E-state index in [1.54, 1.807) is 65.3 Å². The van der Waals surface area contributed by atoms with Crippen molar-refractivity contribution in [3.05, 3.63) is 80.6 Å². The first-order chi connectivity index (χ1) is 35.3. The van der Waals surface area contributed by atoms with Crippen molar-refractivity contribution in [2.24, 2.45) is 11.5 Å². The molecule has 0 bridgehead atoms. The number of hydrogen-bond donors (Lipinski definition) is 5. The number of rotatable bonds is 21. The van der Waals surface area contributed by atoms with E-state index >= 15 is 0 Å². The molecule has 5 heterocycles. The lowest BCUT2D eigenvalue weighted by Crippen LogP contribution is -2.49. The highest BCUT2D eigenvalue weighted by molar-refractivity contribution is 7.98. The van der Waals surface area contributed by atoms with Crippen molar-refractivity contribution < 1.29 is 38.2 Å². The Bertz CT molecular complexity index is 3120. The highest BCUT2D eigenvalue weighted by Crippen LogP contribution is 2.34. The van der Waals surface area contributed by atoms with Crippen LogP contribution in [-0.4, -0.2) is 137 Å². The molecule has 1 aliphatic heterocycles. The van der Waals surface area contributed by atoms with E-state index in [9.17, 15) is 28.8 Å². The fourth-order valence-corrected chi connectivity index (χ4v) is 10.1. The van der Waals surface area contributed by atoms with Crippen LogP contribution in [0.3, 0.4) is 0 Å². The van der Waals surface area contributed by atoms with Crippen LogP contribution in [0.25, 0.3) is 22.1 Å². The summed E-state index contributed by atoms with van der Waals surface area (Å²) in [7, 11) is 0. The van der Waals surface area contributed by atoms with E-state index in [0.717, 1.165) is 5.01 Å². The SMILES string of the molecule is CCc1nc(C)sc1C(=O)Nc1nc2cc(C(N)=O)cc(OCCCN3CCN(C(=O)CCNC(=O)OC(C)(C)C)CC3)c2n1C/C=C/Cn1c(NC(=O)c2cc(C)nn2CC)nc2cc(C(N)=O)cc(SC)c21. The second kappa shape index (κ2) is 23.7. The van der Waals surface area contributed by atoms with Crippen LogP contribution in [-0.2, 0) is 35.6 Å². The van der Waals surface area contributed by atoms with E-state index in [-0.39, 0.29) is 61.6 Å². The number of anilines is 2. The monoisotopic (exact) mass is 1050 g/mol. The van der Waals surface area contributed by atoms with E-state index in [0.29, 0.717) is 107 Å². The number of alkyl carbamates (subject to hydrolysis) is 1. The molecule has 6 amide bonds. The number of nitrogens with zero attached hydrogens (tertiary/aromatic N) is 9. The number of carbonyl (C=O) groups excluding carboxylic acids is 6. The van der Waals surface area contributed by atoms with Gasteiger partial charge in [0.05, 0.1) is 39.6 Å². The molecule has 1 aliphatic rings. The van der Waals surface area contributed by atoms with Gasteiger partial charge in [-0.15, -0.1) is 23.1 Å². The maximum atomic E-state index is 14.0. The Morgan fingerprint density at radius 2 is 1.45 bits per heavy atom. The summed E-state index contributed by atoms with van der Waals surface area (Å²) >= 11 is 2.68. The number of aromatic nitrogens is 7. The first-order valence-corrected chi connectivity index (χ1v) is 26.4. The van der Waals surface area contributed by atoms with Gasteiger partial charge in [0.1, 0.15) is 27.4 Å². The number of hydrogen-bond acceptors (Lipinski definition) is 15. The van der Waals surface area contributed by atoms with Gasteiger partial charge in [-0.25, -0.2) is 19.7 Å². The second-order valence-corrected chi connectivity index (χ2v) is 20.6. The summed E-state index contributed by atoms with van der Waals surface area (Å²) in [6, 6.07) is 8.13.